The summed E-state index contributed by atoms with van der Waals surface area (Å²) in [4.78, 5) is 0. The Kier molecular flexibility index (Phi) is 9.64. The van der Waals surface area contributed by atoms with Crippen molar-refractivity contribution in [2.24, 2.45) is 0 Å². The SMILES string of the molecule is BrCc1ccc(C(c2ccc(CBr)cc2)C(c2ccc(CBr)cc2)c2ccc(CBr)cc2)cc1. The van der Waals surface area contributed by atoms with Crippen molar-refractivity contribution >= 4 is 63.7 Å². The van der Waals surface area contributed by atoms with Crippen molar-refractivity contribution in [3.63, 3.8) is 0 Å². The van der Waals surface area contributed by atoms with Crippen LogP contribution in [0.1, 0.15) is 56.3 Å². The van der Waals surface area contributed by atoms with Crippen molar-refractivity contribution in [1.82, 2.24) is 0 Å². The van der Waals surface area contributed by atoms with Gasteiger partial charge in [-0.15, -0.1) is 0 Å². The summed E-state index contributed by atoms with van der Waals surface area (Å²) < 4.78 is 0. The Balaban J connectivity index is 1.90. The van der Waals surface area contributed by atoms with Crippen molar-refractivity contribution in [3.05, 3.63) is 142 Å². The summed E-state index contributed by atoms with van der Waals surface area (Å²) in [6, 6.07) is 36.3. The first kappa shape index (κ1) is 25.9. The first-order valence-electron chi connectivity index (χ1n) is 11.3. The van der Waals surface area contributed by atoms with Gasteiger partial charge in [-0.25, -0.2) is 0 Å². The van der Waals surface area contributed by atoms with Crippen LogP contribution in [0, 0.1) is 0 Å². The van der Waals surface area contributed by atoms with E-state index in [0.717, 1.165) is 21.3 Å². The molecule has 0 aromatic heterocycles. The average Bonchev–Trinajstić information content (AvgIpc) is 2.92. The predicted octanol–water partition coefficient (Wildman–Crippen LogP) is 10.2. The van der Waals surface area contributed by atoms with Crippen molar-refractivity contribution in [2.75, 3.05) is 0 Å². The van der Waals surface area contributed by atoms with E-state index in [2.05, 4.69) is 161 Å². The molecular formula is C30H26Br4. The third kappa shape index (κ3) is 6.13. The largest absolute Gasteiger partial charge is 0.0876 e. The Labute approximate surface area is 236 Å². The molecule has 34 heavy (non-hydrogen) atoms. The standard InChI is InChI=1S/C30H26Br4/c31-17-21-1-9-25(10-2-21)29(26-11-3-22(18-32)4-12-26)30(27-13-5-23(19-33)6-14-27)28-15-7-24(20-34)8-16-28/h1-16,29-30H,17-20H2. The van der Waals surface area contributed by atoms with Gasteiger partial charge in [0, 0.05) is 33.2 Å². The van der Waals surface area contributed by atoms with Crippen LogP contribution in [0.4, 0.5) is 0 Å². The van der Waals surface area contributed by atoms with Crippen molar-refractivity contribution in [1.29, 1.82) is 0 Å². The molecule has 174 valence electrons. The Morgan fingerprint density at radius 1 is 0.324 bits per heavy atom. The topological polar surface area (TPSA) is 0 Å². The maximum atomic E-state index is 3.60. The molecule has 0 aliphatic carbocycles. The van der Waals surface area contributed by atoms with Crippen LogP contribution >= 0.6 is 63.7 Å². The molecule has 0 saturated carbocycles. The van der Waals surface area contributed by atoms with Crippen LogP contribution in [-0.4, -0.2) is 0 Å². The molecule has 0 heterocycles. The summed E-state index contributed by atoms with van der Waals surface area (Å²) in [5, 5.41) is 3.46. The highest BCUT2D eigenvalue weighted by Crippen LogP contribution is 2.43. The Bertz CT molecular complexity index is 973. The molecule has 4 aromatic rings. The summed E-state index contributed by atoms with van der Waals surface area (Å²) in [6.07, 6.45) is 0. The number of hydrogen-bond acceptors (Lipinski definition) is 0. The highest BCUT2D eigenvalue weighted by Gasteiger charge is 2.28. The molecule has 0 amide bonds. The highest BCUT2D eigenvalue weighted by atomic mass is 79.9. The van der Waals surface area contributed by atoms with E-state index in [9.17, 15) is 0 Å². The van der Waals surface area contributed by atoms with E-state index in [4.69, 9.17) is 0 Å². The average molecular weight is 706 g/mol. The fourth-order valence-corrected chi connectivity index (χ4v) is 5.91. The van der Waals surface area contributed by atoms with E-state index < -0.39 is 0 Å². The molecule has 0 unspecified atom stereocenters. The van der Waals surface area contributed by atoms with Crippen LogP contribution in [0.2, 0.25) is 0 Å². The normalized spacial score (nSPS) is 11.4. The van der Waals surface area contributed by atoms with E-state index in [1.54, 1.807) is 0 Å². The molecule has 0 bridgehead atoms. The van der Waals surface area contributed by atoms with Gasteiger partial charge in [-0.2, -0.15) is 0 Å². The quantitative estimate of drug-likeness (QED) is 0.152. The molecule has 0 aliphatic rings. The second kappa shape index (κ2) is 12.7. The lowest BCUT2D eigenvalue weighted by atomic mass is 9.73. The zero-order chi connectivity index (χ0) is 23.9. The monoisotopic (exact) mass is 702 g/mol. The van der Waals surface area contributed by atoms with E-state index in [-0.39, 0.29) is 11.8 Å². The minimum atomic E-state index is 0.193. The molecular weight excluding hydrogens is 680 g/mol. The van der Waals surface area contributed by atoms with Gasteiger partial charge in [-0.05, 0) is 44.5 Å². The van der Waals surface area contributed by atoms with Crippen LogP contribution < -0.4 is 0 Å². The minimum absolute atomic E-state index is 0.193. The lowest BCUT2D eigenvalue weighted by molar-refractivity contribution is 0.693. The third-order valence-corrected chi connectivity index (χ3v) is 8.90. The van der Waals surface area contributed by atoms with Gasteiger partial charge in [0.2, 0.25) is 0 Å². The molecule has 0 atom stereocenters. The van der Waals surface area contributed by atoms with Gasteiger partial charge in [-0.3, -0.25) is 0 Å². The predicted molar refractivity (Wildman–Crippen MR) is 160 cm³/mol. The minimum Gasteiger partial charge on any atom is -0.0876 e. The molecule has 0 radical (unpaired) electrons. The summed E-state index contributed by atoms with van der Waals surface area (Å²) in [5.41, 5.74) is 10.5. The molecule has 0 N–H and O–H groups in total. The number of benzene rings is 4. The fraction of sp³-hybridized carbons (Fsp3) is 0.200. The molecule has 0 saturated heterocycles. The van der Waals surface area contributed by atoms with E-state index >= 15 is 0 Å². The summed E-state index contributed by atoms with van der Waals surface area (Å²) in [7, 11) is 0. The zero-order valence-electron chi connectivity index (χ0n) is 18.7. The van der Waals surface area contributed by atoms with Crippen molar-refractivity contribution < 1.29 is 0 Å². The van der Waals surface area contributed by atoms with Crippen LogP contribution in [0.15, 0.2) is 97.1 Å². The zero-order valence-corrected chi connectivity index (χ0v) is 25.1. The maximum Gasteiger partial charge on any atom is 0.0283 e. The van der Waals surface area contributed by atoms with Gasteiger partial charge < -0.3 is 0 Å². The molecule has 4 heteroatoms. The van der Waals surface area contributed by atoms with Crippen molar-refractivity contribution in [2.45, 2.75) is 33.2 Å². The van der Waals surface area contributed by atoms with Crippen LogP contribution in [-0.2, 0) is 21.3 Å². The van der Waals surface area contributed by atoms with Gasteiger partial charge in [-0.1, -0.05) is 161 Å². The fourth-order valence-electron chi connectivity index (χ4n) is 4.41. The molecule has 4 rings (SSSR count). The van der Waals surface area contributed by atoms with Gasteiger partial charge >= 0.3 is 0 Å². The summed E-state index contributed by atoms with van der Waals surface area (Å²) in [5.74, 6) is 0.386. The van der Waals surface area contributed by atoms with Crippen LogP contribution in [0.25, 0.3) is 0 Å². The van der Waals surface area contributed by atoms with Gasteiger partial charge in [0.15, 0.2) is 0 Å². The van der Waals surface area contributed by atoms with E-state index in [1.165, 1.54) is 44.5 Å². The Morgan fingerprint density at radius 2 is 0.500 bits per heavy atom. The molecule has 4 aromatic carbocycles. The van der Waals surface area contributed by atoms with Crippen LogP contribution in [0.3, 0.4) is 0 Å². The van der Waals surface area contributed by atoms with Crippen molar-refractivity contribution in [3.8, 4) is 0 Å². The second-order valence-electron chi connectivity index (χ2n) is 8.46. The molecule has 0 spiro atoms. The number of alkyl halides is 4. The first-order chi connectivity index (χ1) is 16.7. The van der Waals surface area contributed by atoms with E-state index in [1.807, 2.05) is 0 Å². The third-order valence-electron chi connectivity index (χ3n) is 6.31. The second-order valence-corrected chi connectivity index (χ2v) is 10.7. The number of halogens is 4. The van der Waals surface area contributed by atoms with E-state index in [0.29, 0.717) is 0 Å². The lowest BCUT2D eigenvalue weighted by Crippen LogP contribution is -2.15. The van der Waals surface area contributed by atoms with Gasteiger partial charge in [0.25, 0.3) is 0 Å². The van der Waals surface area contributed by atoms with Gasteiger partial charge in [0.05, 0.1) is 0 Å². The Hall–Kier alpha value is -1.20. The lowest BCUT2D eigenvalue weighted by Gasteiger charge is -2.30. The molecule has 0 fully saturated rings. The highest BCUT2D eigenvalue weighted by molar-refractivity contribution is 9.09. The number of rotatable bonds is 9. The molecule has 0 nitrogen and oxygen atoms in total. The smallest absolute Gasteiger partial charge is 0.0283 e. The first-order valence-corrected chi connectivity index (χ1v) is 15.7. The van der Waals surface area contributed by atoms with Crippen LogP contribution in [0.5, 0.6) is 0 Å². The molecule has 0 aliphatic heterocycles. The van der Waals surface area contributed by atoms with Gasteiger partial charge in [0.1, 0.15) is 0 Å². The summed E-state index contributed by atoms with van der Waals surface area (Å²) in [6.45, 7) is 0. The summed E-state index contributed by atoms with van der Waals surface area (Å²) >= 11 is 14.4. The maximum absolute atomic E-state index is 3.60. The Morgan fingerprint density at radius 3 is 0.647 bits per heavy atom. The number of hydrogen-bond donors (Lipinski definition) is 0.